The number of guanidine groups is 1. The van der Waals surface area contributed by atoms with Crippen molar-refractivity contribution in [3.05, 3.63) is 18.2 Å². The first-order chi connectivity index (χ1) is 17.8. The summed E-state index contributed by atoms with van der Waals surface area (Å²) in [5.41, 5.74) is 16.8. The van der Waals surface area contributed by atoms with Gasteiger partial charge in [0.1, 0.15) is 18.1 Å². The molecule has 0 saturated carbocycles. The number of aliphatic carboxylic acids is 2. The van der Waals surface area contributed by atoms with Gasteiger partial charge < -0.3 is 48.3 Å². The van der Waals surface area contributed by atoms with Crippen molar-refractivity contribution < 1.29 is 34.2 Å². The molecule has 0 bridgehead atoms. The monoisotopic (exact) mass is 539 g/mol. The molecule has 1 rings (SSSR count). The maximum absolute atomic E-state index is 13.0. The lowest BCUT2D eigenvalue weighted by molar-refractivity contribution is -0.143. The molecule has 16 heteroatoms. The van der Waals surface area contributed by atoms with Crippen molar-refractivity contribution in [3.8, 4) is 0 Å². The summed E-state index contributed by atoms with van der Waals surface area (Å²) in [6, 6.07) is -5.14. The first kappa shape index (κ1) is 31.8. The van der Waals surface area contributed by atoms with Crippen LogP contribution >= 0.6 is 0 Å². The number of hydrogen-bond acceptors (Lipinski definition) is 8. The zero-order valence-corrected chi connectivity index (χ0v) is 21.3. The maximum atomic E-state index is 13.0. The molecule has 0 radical (unpaired) electrons. The Morgan fingerprint density at radius 3 is 2.24 bits per heavy atom. The molecule has 0 aliphatic heterocycles. The van der Waals surface area contributed by atoms with Gasteiger partial charge in [0.25, 0.3) is 0 Å². The largest absolute Gasteiger partial charge is 0.481 e. The minimum absolute atomic E-state index is 0.0823. The van der Waals surface area contributed by atoms with Gasteiger partial charge in [-0.15, -0.1) is 0 Å². The first-order valence-electron chi connectivity index (χ1n) is 12.0. The van der Waals surface area contributed by atoms with Crippen LogP contribution in [0.3, 0.4) is 0 Å². The van der Waals surface area contributed by atoms with Crippen molar-refractivity contribution >= 4 is 35.6 Å². The third-order valence-corrected chi connectivity index (χ3v) is 5.70. The molecule has 5 atom stereocenters. The summed E-state index contributed by atoms with van der Waals surface area (Å²) in [7, 11) is 0. The van der Waals surface area contributed by atoms with E-state index in [1.54, 1.807) is 13.8 Å². The van der Waals surface area contributed by atoms with Crippen molar-refractivity contribution in [3.63, 3.8) is 0 Å². The number of nitrogens with two attached hydrogens (primary N) is 3. The lowest BCUT2D eigenvalue weighted by Crippen LogP contribution is -2.59. The first-order valence-corrected chi connectivity index (χ1v) is 12.0. The smallest absolute Gasteiger partial charge is 0.326 e. The number of rotatable bonds is 17. The van der Waals surface area contributed by atoms with Crippen LogP contribution in [0.25, 0.3) is 0 Å². The van der Waals surface area contributed by atoms with Crippen LogP contribution in [0.15, 0.2) is 17.5 Å². The van der Waals surface area contributed by atoms with Crippen molar-refractivity contribution in [1.29, 1.82) is 0 Å². The van der Waals surface area contributed by atoms with E-state index >= 15 is 0 Å². The molecule has 0 spiro atoms. The standard InChI is InChI=1S/C22H37N9O7/c1-3-11(2)17(20(36)30-15(21(37)38)7-12-9-26-10-28-12)31-19(35)14(8-16(32)33)29-18(34)13(23)5-4-6-27-22(24)25/h9-11,13-15,17H,3-8,23H2,1-2H3,(H,26,28)(H,29,34)(H,30,36)(H,31,35)(H,32,33)(H,37,38)(H4,24,25,27). The fraction of sp³-hybridized carbons (Fsp3) is 0.591. The predicted molar refractivity (Wildman–Crippen MR) is 135 cm³/mol. The molecule has 0 aliphatic carbocycles. The van der Waals surface area contributed by atoms with Crippen LogP contribution in [-0.2, 0) is 30.4 Å². The zero-order chi connectivity index (χ0) is 28.8. The number of H-pyrrole nitrogens is 1. The minimum atomic E-state index is -1.54. The highest BCUT2D eigenvalue weighted by Crippen LogP contribution is 2.10. The van der Waals surface area contributed by atoms with Gasteiger partial charge in [0.2, 0.25) is 17.7 Å². The number of nitrogens with one attached hydrogen (secondary N) is 4. The Kier molecular flexibility index (Phi) is 13.2. The topological polar surface area (TPSA) is 281 Å². The van der Waals surface area contributed by atoms with E-state index in [4.69, 9.17) is 17.2 Å². The zero-order valence-electron chi connectivity index (χ0n) is 21.3. The highest BCUT2D eigenvalue weighted by atomic mass is 16.4. The molecule has 0 saturated heterocycles. The molecular formula is C22H37N9O7. The van der Waals surface area contributed by atoms with Crippen LogP contribution in [0.2, 0.25) is 0 Å². The van der Waals surface area contributed by atoms with Crippen LogP contribution in [0, 0.1) is 5.92 Å². The fourth-order valence-electron chi connectivity index (χ4n) is 3.35. The van der Waals surface area contributed by atoms with Gasteiger partial charge in [-0.25, -0.2) is 9.78 Å². The Labute approximate surface area is 219 Å². The second kappa shape index (κ2) is 15.8. The van der Waals surface area contributed by atoms with Crippen LogP contribution < -0.4 is 33.2 Å². The number of carbonyl (C=O) groups excluding carboxylic acids is 3. The van der Waals surface area contributed by atoms with Crippen LogP contribution in [0.5, 0.6) is 0 Å². The Bertz CT molecular complexity index is 980. The lowest BCUT2D eigenvalue weighted by atomic mass is 9.97. The molecule has 3 amide bonds. The number of aliphatic imine (C=N–C) groups is 1. The Balaban J connectivity index is 2.94. The van der Waals surface area contributed by atoms with Crippen LogP contribution in [0.1, 0.15) is 45.2 Å². The number of aromatic nitrogens is 2. The average Bonchev–Trinajstić information content (AvgIpc) is 3.36. The fourth-order valence-corrected chi connectivity index (χ4v) is 3.35. The quantitative estimate of drug-likeness (QED) is 0.0561. The Morgan fingerprint density at radius 2 is 1.71 bits per heavy atom. The SMILES string of the molecule is CCC(C)C(NC(=O)C(CC(=O)O)NC(=O)C(N)CCCN=C(N)N)C(=O)NC(Cc1cnc[nH]1)C(=O)O. The van der Waals surface area contributed by atoms with E-state index < -0.39 is 66.2 Å². The van der Waals surface area contributed by atoms with Gasteiger partial charge in [-0.1, -0.05) is 20.3 Å². The van der Waals surface area contributed by atoms with Gasteiger partial charge in [-0.3, -0.25) is 24.2 Å². The molecule has 1 heterocycles. The number of amides is 3. The van der Waals surface area contributed by atoms with Gasteiger partial charge in [0.15, 0.2) is 5.96 Å². The summed E-state index contributed by atoms with van der Waals surface area (Å²) < 4.78 is 0. The second-order valence-corrected chi connectivity index (χ2v) is 8.77. The van der Waals surface area contributed by atoms with E-state index in [9.17, 15) is 34.2 Å². The molecule has 5 unspecified atom stereocenters. The van der Waals surface area contributed by atoms with E-state index in [1.807, 2.05) is 0 Å². The minimum Gasteiger partial charge on any atom is -0.481 e. The molecule has 1 aromatic rings. The third kappa shape index (κ3) is 11.2. The normalized spacial score (nSPS) is 14.7. The van der Waals surface area contributed by atoms with Gasteiger partial charge in [0, 0.05) is 24.9 Å². The predicted octanol–water partition coefficient (Wildman–Crippen LogP) is -2.61. The van der Waals surface area contributed by atoms with Crippen molar-refractivity contribution in [1.82, 2.24) is 25.9 Å². The van der Waals surface area contributed by atoms with Crippen molar-refractivity contribution in [2.24, 2.45) is 28.1 Å². The van der Waals surface area contributed by atoms with E-state index in [1.165, 1.54) is 12.5 Å². The number of aromatic amines is 1. The van der Waals surface area contributed by atoms with E-state index in [0.29, 0.717) is 18.5 Å². The van der Waals surface area contributed by atoms with E-state index in [-0.39, 0.29) is 25.3 Å². The van der Waals surface area contributed by atoms with Gasteiger partial charge in [-0.2, -0.15) is 0 Å². The molecule has 16 nitrogen and oxygen atoms in total. The van der Waals surface area contributed by atoms with Gasteiger partial charge in [0.05, 0.1) is 18.8 Å². The second-order valence-electron chi connectivity index (χ2n) is 8.77. The summed E-state index contributed by atoms with van der Waals surface area (Å²) in [5.74, 6) is -5.73. The molecule has 0 aromatic carbocycles. The average molecular weight is 540 g/mol. The number of imidazole rings is 1. The number of nitrogens with zero attached hydrogens (tertiary/aromatic N) is 2. The Morgan fingerprint density at radius 1 is 1.05 bits per heavy atom. The highest BCUT2D eigenvalue weighted by Gasteiger charge is 2.33. The van der Waals surface area contributed by atoms with Crippen molar-refractivity contribution in [2.45, 2.75) is 70.1 Å². The van der Waals surface area contributed by atoms with Crippen molar-refractivity contribution in [2.75, 3.05) is 6.54 Å². The van der Waals surface area contributed by atoms with E-state index in [0.717, 1.165) is 0 Å². The molecule has 1 aromatic heterocycles. The summed E-state index contributed by atoms with van der Waals surface area (Å²) in [5, 5.41) is 26.0. The number of hydrogen-bond donors (Lipinski definition) is 9. The summed E-state index contributed by atoms with van der Waals surface area (Å²) in [4.78, 5) is 71.9. The molecule has 0 aliphatic rings. The summed E-state index contributed by atoms with van der Waals surface area (Å²) in [6.45, 7) is 3.65. The highest BCUT2D eigenvalue weighted by molar-refractivity contribution is 5.95. The maximum Gasteiger partial charge on any atom is 0.326 e. The van der Waals surface area contributed by atoms with Gasteiger partial charge in [-0.05, 0) is 18.8 Å². The van der Waals surface area contributed by atoms with Gasteiger partial charge >= 0.3 is 11.9 Å². The third-order valence-electron chi connectivity index (χ3n) is 5.70. The van der Waals surface area contributed by atoms with E-state index in [2.05, 4.69) is 30.9 Å². The Hall–Kier alpha value is -4.21. The molecule has 0 fully saturated rings. The van der Waals surface area contributed by atoms with Crippen LogP contribution in [-0.4, -0.2) is 86.5 Å². The summed E-state index contributed by atoms with van der Waals surface area (Å²) >= 11 is 0. The van der Waals surface area contributed by atoms with Crippen LogP contribution in [0.4, 0.5) is 0 Å². The molecule has 12 N–H and O–H groups in total. The number of carbonyl (C=O) groups is 5. The lowest BCUT2D eigenvalue weighted by Gasteiger charge is -2.27. The number of carboxylic acid groups (broad SMARTS) is 2. The molecule has 38 heavy (non-hydrogen) atoms. The number of carboxylic acids is 2. The summed E-state index contributed by atoms with van der Waals surface area (Å²) in [6.07, 6.45) is 2.88. The molecule has 212 valence electrons. The molecular weight excluding hydrogens is 502 g/mol.